The topological polar surface area (TPSA) is 72.6 Å². The third-order valence-corrected chi connectivity index (χ3v) is 4.32. The number of hydrogen-bond acceptors (Lipinski definition) is 5. The van der Waals surface area contributed by atoms with Crippen LogP contribution in [0.15, 0.2) is 41.1 Å². The van der Waals surface area contributed by atoms with Gasteiger partial charge in [-0.2, -0.15) is 0 Å². The number of esters is 1. The van der Waals surface area contributed by atoms with Crippen LogP contribution in [0, 0.1) is 0 Å². The lowest BCUT2D eigenvalue weighted by Crippen LogP contribution is -2.48. The van der Waals surface area contributed by atoms with Gasteiger partial charge in [-0.15, -0.1) is 0 Å². The Labute approximate surface area is 126 Å². The molecule has 4 rings (SSSR count). The fraction of sp³-hybridized carbons (Fsp3) is 0.312. The zero-order chi connectivity index (χ0) is 15.2. The molecule has 2 aliphatic rings. The number of amides is 1. The molecular weight excluding hydrogens is 284 g/mol. The van der Waals surface area contributed by atoms with Crippen molar-refractivity contribution in [1.29, 1.82) is 0 Å². The number of aromatic nitrogens is 1. The van der Waals surface area contributed by atoms with E-state index < -0.39 is 5.60 Å². The molecule has 2 aliphatic heterocycles. The number of rotatable bonds is 1. The minimum absolute atomic E-state index is 0.203. The van der Waals surface area contributed by atoms with Crippen LogP contribution in [0.25, 0.3) is 0 Å². The summed E-state index contributed by atoms with van der Waals surface area (Å²) in [5.74, 6) is -0.337. The van der Waals surface area contributed by atoms with Crippen LogP contribution in [0.2, 0.25) is 0 Å². The van der Waals surface area contributed by atoms with Crippen molar-refractivity contribution < 1.29 is 18.8 Å². The highest BCUT2D eigenvalue weighted by molar-refractivity contribution is 5.95. The average Bonchev–Trinajstić information content (AvgIpc) is 3.16. The van der Waals surface area contributed by atoms with Gasteiger partial charge in [0.05, 0.1) is 18.3 Å². The van der Waals surface area contributed by atoms with E-state index in [2.05, 4.69) is 5.16 Å². The molecule has 1 aromatic heterocycles. The van der Waals surface area contributed by atoms with Gasteiger partial charge in [0, 0.05) is 18.2 Å². The lowest BCUT2D eigenvalue weighted by atomic mass is 9.85. The van der Waals surface area contributed by atoms with E-state index in [9.17, 15) is 9.59 Å². The molecule has 2 aromatic rings. The van der Waals surface area contributed by atoms with Gasteiger partial charge in [0.25, 0.3) is 5.91 Å². The van der Waals surface area contributed by atoms with Gasteiger partial charge in [-0.25, -0.2) is 4.79 Å². The Bertz CT molecular complexity index is 740. The fourth-order valence-corrected chi connectivity index (χ4v) is 3.33. The smallest absolute Gasteiger partial charge is 0.339 e. The number of ether oxygens (including phenoxy) is 1. The van der Waals surface area contributed by atoms with Crippen molar-refractivity contribution in [2.45, 2.75) is 18.4 Å². The van der Waals surface area contributed by atoms with Crippen molar-refractivity contribution in [3.8, 4) is 0 Å². The molecule has 0 saturated carbocycles. The Morgan fingerprint density at radius 1 is 1.27 bits per heavy atom. The summed E-state index contributed by atoms with van der Waals surface area (Å²) >= 11 is 0. The Balaban J connectivity index is 1.67. The van der Waals surface area contributed by atoms with Gasteiger partial charge in [-0.05, 0) is 18.9 Å². The maximum Gasteiger partial charge on any atom is 0.339 e. The Hall–Kier alpha value is -2.63. The zero-order valence-electron chi connectivity index (χ0n) is 11.8. The second-order valence-corrected chi connectivity index (χ2v) is 5.64. The first-order valence-electron chi connectivity index (χ1n) is 7.22. The van der Waals surface area contributed by atoms with E-state index in [0.717, 1.165) is 18.4 Å². The number of carbonyl (C=O) groups excluding carboxylic acids is 2. The van der Waals surface area contributed by atoms with Gasteiger partial charge < -0.3 is 14.2 Å². The molecule has 0 radical (unpaired) electrons. The van der Waals surface area contributed by atoms with Crippen molar-refractivity contribution in [1.82, 2.24) is 10.1 Å². The van der Waals surface area contributed by atoms with Crippen LogP contribution in [-0.4, -0.2) is 35.0 Å². The van der Waals surface area contributed by atoms with Crippen molar-refractivity contribution >= 4 is 11.9 Å². The quantitative estimate of drug-likeness (QED) is 0.753. The molecule has 1 fully saturated rings. The van der Waals surface area contributed by atoms with Gasteiger partial charge in [0.1, 0.15) is 0 Å². The van der Waals surface area contributed by atoms with Crippen LogP contribution in [-0.2, 0) is 10.3 Å². The highest BCUT2D eigenvalue weighted by Gasteiger charge is 2.49. The van der Waals surface area contributed by atoms with E-state index in [1.807, 2.05) is 18.2 Å². The number of fused-ring (bicyclic) bond motifs is 2. The standard InChI is InChI=1S/C16H14N2O4/c19-14(13-6-8-17-22-13)18-9-3-7-16(10-18)12-5-2-1-4-11(12)15(20)21-16/h1-2,4-6,8H,3,7,9-10H2. The third-order valence-electron chi connectivity index (χ3n) is 4.32. The third kappa shape index (κ3) is 1.83. The lowest BCUT2D eigenvalue weighted by molar-refractivity contribution is -0.0448. The number of nitrogens with zero attached hydrogens (tertiary/aromatic N) is 2. The maximum atomic E-state index is 12.4. The molecule has 1 unspecified atom stereocenters. The molecule has 22 heavy (non-hydrogen) atoms. The molecule has 6 heteroatoms. The molecule has 1 amide bonds. The van der Waals surface area contributed by atoms with Crippen LogP contribution in [0.5, 0.6) is 0 Å². The first-order chi connectivity index (χ1) is 10.7. The van der Waals surface area contributed by atoms with Gasteiger partial charge in [0.15, 0.2) is 5.60 Å². The second kappa shape index (κ2) is 4.69. The predicted octanol–water partition coefficient (Wildman–Crippen LogP) is 1.98. The van der Waals surface area contributed by atoms with Gasteiger partial charge in [-0.1, -0.05) is 23.4 Å². The van der Waals surface area contributed by atoms with Crippen molar-refractivity contribution in [2.24, 2.45) is 0 Å². The van der Waals surface area contributed by atoms with E-state index in [0.29, 0.717) is 18.7 Å². The number of likely N-dealkylation sites (tertiary alicyclic amines) is 1. The number of benzene rings is 1. The summed E-state index contributed by atoms with van der Waals surface area (Å²) in [6, 6.07) is 8.92. The zero-order valence-corrected chi connectivity index (χ0v) is 11.8. The summed E-state index contributed by atoms with van der Waals surface area (Å²) in [7, 11) is 0. The monoisotopic (exact) mass is 298 g/mol. The molecule has 1 aromatic carbocycles. The molecule has 6 nitrogen and oxygen atoms in total. The minimum atomic E-state index is -0.735. The summed E-state index contributed by atoms with van der Waals surface area (Å²) in [5.41, 5.74) is 0.730. The summed E-state index contributed by atoms with van der Waals surface area (Å²) in [6.07, 6.45) is 2.93. The fourth-order valence-electron chi connectivity index (χ4n) is 3.33. The molecule has 1 atom stereocenters. The summed E-state index contributed by atoms with van der Waals surface area (Å²) < 4.78 is 10.6. The SMILES string of the molecule is O=C1OC2(CCCN(C(=O)c3ccno3)C2)c2ccccc21. The lowest BCUT2D eigenvalue weighted by Gasteiger charge is -2.39. The molecule has 1 spiro atoms. The molecule has 112 valence electrons. The van der Waals surface area contributed by atoms with E-state index in [1.54, 1.807) is 11.0 Å². The number of hydrogen-bond donors (Lipinski definition) is 0. The van der Waals surface area contributed by atoms with Gasteiger partial charge >= 0.3 is 5.97 Å². The van der Waals surface area contributed by atoms with Gasteiger partial charge in [0.2, 0.25) is 5.76 Å². The van der Waals surface area contributed by atoms with Crippen LogP contribution >= 0.6 is 0 Å². The number of piperidine rings is 1. The van der Waals surface area contributed by atoms with E-state index in [4.69, 9.17) is 9.26 Å². The van der Waals surface area contributed by atoms with Crippen molar-refractivity contribution in [3.05, 3.63) is 53.4 Å². The van der Waals surface area contributed by atoms with Crippen LogP contribution in [0.1, 0.15) is 39.3 Å². The van der Waals surface area contributed by atoms with E-state index in [-0.39, 0.29) is 17.6 Å². The first-order valence-corrected chi connectivity index (χ1v) is 7.22. The molecule has 3 heterocycles. The minimum Gasteiger partial charge on any atom is -0.449 e. The normalized spacial score (nSPS) is 23.5. The predicted molar refractivity (Wildman–Crippen MR) is 75.2 cm³/mol. The molecular formula is C16H14N2O4. The Morgan fingerprint density at radius 3 is 2.95 bits per heavy atom. The van der Waals surface area contributed by atoms with Gasteiger partial charge in [-0.3, -0.25) is 4.79 Å². The summed E-state index contributed by atoms with van der Waals surface area (Å²) in [5, 5.41) is 3.57. The highest BCUT2D eigenvalue weighted by Crippen LogP contribution is 2.42. The summed E-state index contributed by atoms with van der Waals surface area (Å²) in [4.78, 5) is 26.2. The van der Waals surface area contributed by atoms with E-state index >= 15 is 0 Å². The van der Waals surface area contributed by atoms with Crippen LogP contribution in [0.4, 0.5) is 0 Å². The number of carbonyl (C=O) groups is 2. The Kier molecular flexibility index (Phi) is 2.79. The summed E-state index contributed by atoms with van der Waals surface area (Å²) in [6.45, 7) is 0.955. The average molecular weight is 298 g/mol. The largest absolute Gasteiger partial charge is 0.449 e. The maximum absolute atomic E-state index is 12.4. The van der Waals surface area contributed by atoms with Crippen molar-refractivity contribution in [2.75, 3.05) is 13.1 Å². The van der Waals surface area contributed by atoms with Crippen molar-refractivity contribution in [3.63, 3.8) is 0 Å². The highest BCUT2D eigenvalue weighted by atomic mass is 16.6. The first kappa shape index (κ1) is 13.1. The second-order valence-electron chi connectivity index (χ2n) is 5.64. The van der Waals surface area contributed by atoms with E-state index in [1.165, 1.54) is 12.3 Å². The molecule has 0 bridgehead atoms. The Morgan fingerprint density at radius 2 is 2.14 bits per heavy atom. The van der Waals surface area contributed by atoms with Crippen LogP contribution in [0.3, 0.4) is 0 Å². The molecule has 0 N–H and O–H groups in total. The molecule has 0 aliphatic carbocycles. The van der Waals surface area contributed by atoms with Crippen LogP contribution < -0.4 is 0 Å². The molecule has 1 saturated heterocycles.